The zero-order valence-electron chi connectivity index (χ0n) is 10.8. The van der Waals surface area contributed by atoms with Gasteiger partial charge in [-0.05, 0) is 24.5 Å². The molecule has 0 fully saturated rings. The fourth-order valence-electron chi connectivity index (χ4n) is 1.78. The average Bonchev–Trinajstić information content (AvgIpc) is 2.27. The van der Waals surface area contributed by atoms with Crippen LogP contribution in [0, 0.1) is 17.6 Å². The van der Waals surface area contributed by atoms with Crippen LogP contribution in [0.3, 0.4) is 0 Å². The lowest BCUT2D eigenvalue weighted by Crippen LogP contribution is -2.26. The summed E-state index contributed by atoms with van der Waals surface area (Å²) in [6, 6.07) is 2.33. The molecule has 100 valence electrons. The van der Waals surface area contributed by atoms with Gasteiger partial charge in [-0.3, -0.25) is 0 Å². The van der Waals surface area contributed by atoms with Gasteiger partial charge in [-0.25, -0.2) is 8.78 Å². The number of hydrogen-bond donors (Lipinski definition) is 2. The summed E-state index contributed by atoms with van der Waals surface area (Å²) >= 11 is 4.70. The third-order valence-corrected chi connectivity index (χ3v) is 3.14. The first-order chi connectivity index (χ1) is 8.36. The highest BCUT2D eigenvalue weighted by Gasteiger charge is 2.17. The molecule has 0 spiro atoms. The van der Waals surface area contributed by atoms with Gasteiger partial charge in [0, 0.05) is 11.6 Å². The van der Waals surface area contributed by atoms with Gasteiger partial charge in [-0.2, -0.15) is 0 Å². The summed E-state index contributed by atoms with van der Waals surface area (Å²) in [5, 5.41) is 2.90. The molecular formula is C13H18F2N2S. The first kappa shape index (κ1) is 14.8. The fraction of sp³-hybridized carbons (Fsp3) is 0.462. The molecule has 1 rings (SSSR count). The number of hydrogen-bond acceptors (Lipinski definition) is 2. The molecule has 1 aromatic carbocycles. The Hall–Kier alpha value is -1.23. The molecule has 0 bridgehead atoms. The Labute approximate surface area is 112 Å². The van der Waals surface area contributed by atoms with Crippen molar-refractivity contribution in [2.75, 3.05) is 5.32 Å². The smallest absolute Gasteiger partial charge is 0.150 e. The van der Waals surface area contributed by atoms with Crippen LogP contribution in [0.4, 0.5) is 14.5 Å². The molecule has 0 heterocycles. The zero-order valence-corrected chi connectivity index (χ0v) is 11.6. The quantitative estimate of drug-likeness (QED) is 0.806. The van der Waals surface area contributed by atoms with Crippen molar-refractivity contribution in [3.63, 3.8) is 0 Å². The lowest BCUT2D eigenvalue weighted by Gasteiger charge is -2.22. The summed E-state index contributed by atoms with van der Waals surface area (Å²) in [6.45, 7) is 5.97. The second-order valence-electron chi connectivity index (χ2n) is 4.58. The number of thiocarbonyl (C=S) groups is 1. The van der Waals surface area contributed by atoms with Crippen molar-refractivity contribution in [2.24, 2.45) is 11.7 Å². The number of rotatable bonds is 5. The zero-order chi connectivity index (χ0) is 13.9. The number of anilines is 1. The number of benzene rings is 1. The van der Waals surface area contributed by atoms with E-state index in [9.17, 15) is 8.78 Å². The highest BCUT2D eigenvalue weighted by molar-refractivity contribution is 7.80. The van der Waals surface area contributed by atoms with Crippen LogP contribution in [0.2, 0.25) is 0 Å². The minimum atomic E-state index is -0.670. The molecule has 3 N–H and O–H groups in total. The molecule has 0 aliphatic rings. The Bertz CT molecular complexity index is 424. The predicted molar refractivity (Wildman–Crippen MR) is 74.8 cm³/mol. The van der Waals surface area contributed by atoms with E-state index in [0.29, 0.717) is 0 Å². The number of halogens is 2. The SMILES string of the molecule is CCC(Nc1c(F)cc(C(N)=S)cc1F)C(C)C. The van der Waals surface area contributed by atoms with Gasteiger partial charge in [-0.1, -0.05) is 33.0 Å². The molecule has 0 aliphatic carbocycles. The molecule has 0 saturated carbocycles. The predicted octanol–water partition coefficient (Wildman–Crippen LogP) is 3.45. The maximum Gasteiger partial charge on any atom is 0.150 e. The summed E-state index contributed by atoms with van der Waals surface area (Å²) in [5.41, 5.74) is 5.44. The summed E-state index contributed by atoms with van der Waals surface area (Å²) in [6.07, 6.45) is 0.785. The van der Waals surface area contributed by atoms with Crippen LogP contribution < -0.4 is 11.1 Å². The monoisotopic (exact) mass is 272 g/mol. The van der Waals surface area contributed by atoms with Crippen molar-refractivity contribution in [1.29, 1.82) is 0 Å². The molecule has 0 aromatic heterocycles. The molecule has 1 aromatic rings. The normalized spacial score (nSPS) is 12.6. The van der Waals surface area contributed by atoms with Gasteiger partial charge in [0.15, 0.2) is 0 Å². The third kappa shape index (κ3) is 3.38. The second kappa shape index (κ2) is 6.09. The highest BCUT2D eigenvalue weighted by Crippen LogP contribution is 2.23. The van der Waals surface area contributed by atoms with Crippen molar-refractivity contribution in [3.05, 3.63) is 29.3 Å². The summed E-state index contributed by atoms with van der Waals surface area (Å²) in [5.74, 6) is -1.06. The van der Waals surface area contributed by atoms with Crippen molar-refractivity contribution in [1.82, 2.24) is 0 Å². The lowest BCUT2D eigenvalue weighted by atomic mass is 10.0. The van der Waals surface area contributed by atoms with Gasteiger partial charge in [-0.15, -0.1) is 0 Å². The van der Waals surface area contributed by atoms with E-state index in [1.54, 1.807) is 0 Å². The summed E-state index contributed by atoms with van der Waals surface area (Å²) < 4.78 is 27.6. The van der Waals surface area contributed by atoms with E-state index in [1.165, 1.54) is 0 Å². The Balaban J connectivity index is 3.07. The van der Waals surface area contributed by atoms with E-state index in [1.807, 2.05) is 20.8 Å². The van der Waals surface area contributed by atoms with Crippen LogP contribution in [0.1, 0.15) is 32.8 Å². The minimum Gasteiger partial charge on any atom is -0.389 e. The van der Waals surface area contributed by atoms with Gasteiger partial charge in [0.1, 0.15) is 22.3 Å². The van der Waals surface area contributed by atoms with E-state index in [0.717, 1.165) is 18.6 Å². The van der Waals surface area contributed by atoms with Gasteiger partial charge in [0.05, 0.1) is 0 Å². The third-order valence-electron chi connectivity index (χ3n) is 2.90. The Morgan fingerprint density at radius 1 is 1.33 bits per heavy atom. The largest absolute Gasteiger partial charge is 0.389 e. The van der Waals surface area contributed by atoms with Crippen molar-refractivity contribution >= 4 is 22.9 Å². The van der Waals surface area contributed by atoms with Gasteiger partial charge < -0.3 is 11.1 Å². The topological polar surface area (TPSA) is 38.0 Å². The molecule has 1 atom stereocenters. The maximum absolute atomic E-state index is 13.8. The molecule has 1 unspecified atom stereocenters. The Morgan fingerprint density at radius 3 is 2.17 bits per heavy atom. The molecule has 0 amide bonds. The molecule has 5 heteroatoms. The number of nitrogens with two attached hydrogens (primary N) is 1. The van der Waals surface area contributed by atoms with E-state index in [2.05, 4.69) is 5.32 Å². The maximum atomic E-state index is 13.8. The number of nitrogens with one attached hydrogen (secondary N) is 1. The standard InChI is InChI=1S/C13H18F2N2S/c1-4-11(7(2)3)17-12-9(14)5-8(13(16)18)6-10(12)15/h5-7,11,17H,4H2,1-3H3,(H2,16,18). The molecule has 0 saturated heterocycles. The fourth-order valence-corrected chi connectivity index (χ4v) is 1.90. The first-order valence-electron chi connectivity index (χ1n) is 5.92. The van der Waals surface area contributed by atoms with Crippen molar-refractivity contribution in [2.45, 2.75) is 33.2 Å². The molecule has 0 aliphatic heterocycles. The van der Waals surface area contributed by atoms with Crippen LogP contribution in [-0.2, 0) is 0 Å². The molecule has 18 heavy (non-hydrogen) atoms. The van der Waals surface area contributed by atoms with E-state index in [-0.39, 0.29) is 28.2 Å². The lowest BCUT2D eigenvalue weighted by molar-refractivity contribution is 0.500. The van der Waals surface area contributed by atoms with Gasteiger partial charge in [0.2, 0.25) is 0 Å². The van der Waals surface area contributed by atoms with Crippen molar-refractivity contribution in [3.8, 4) is 0 Å². The van der Waals surface area contributed by atoms with Crippen LogP contribution in [0.25, 0.3) is 0 Å². The van der Waals surface area contributed by atoms with E-state index >= 15 is 0 Å². The molecule has 2 nitrogen and oxygen atoms in total. The van der Waals surface area contributed by atoms with E-state index < -0.39 is 11.6 Å². The Kier molecular flexibility index (Phi) is 5.02. The summed E-state index contributed by atoms with van der Waals surface area (Å²) in [4.78, 5) is -0.0183. The minimum absolute atomic E-state index is 0.0182. The average molecular weight is 272 g/mol. The van der Waals surface area contributed by atoms with Crippen LogP contribution >= 0.6 is 12.2 Å². The van der Waals surface area contributed by atoms with Crippen LogP contribution in [0.5, 0.6) is 0 Å². The second-order valence-corrected chi connectivity index (χ2v) is 5.02. The Morgan fingerprint density at radius 2 is 1.83 bits per heavy atom. The van der Waals surface area contributed by atoms with Crippen molar-refractivity contribution < 1.29 is 8.78 Å². The van der Waals surface area contributed by atoms with Gasteiger partial charge >= 0.3 is 0 Å². The molecular weight excluding hydrogens is 254 g/mol. The van der Waals surface area contributed by atoms with E-state index in [4.69, 9.17) is 18.0 Å². The van der Waals surface area contributed by atoms with Gasteiger partial charge in [0.25, 0.3) is 0 Å². The van der Waals surface area contributed by atoms with Crippen LogP contribution in [0.15, 0.2) is 12.1 Å². The first-order valence-corrected chi connectivity index (χ1v) is 6.33. The summed E-state index contributed by atoms with van der Waals surface area (Å²) in [7, 11) is 0. The highest BCUT2D eigenvalue weighted by atomic mass is 32.1. The van der Waals surface area contributed by atoms with Crippen LogP contribution in [-0.4, -0.2) is 11.0 Å². The molecule has 0 radical (unpaired) electrons.